The van der Waals surface area contributed by atoms with E-state index in [1.165, 1.54) is 0 Å². The molecule has 15 heavy (non-hydrogen) atoms. The third kappa shape index (κ3) is 11.3. The van der Waals surface area contributed by atoms with Gasteiger partial charge in [0, 0.05) is 13.2 Å². The van der Waals surface area contributed by atoms with E-state index < -0.39 is 0 Å². The van der Waals surface area contributed by atoms with Crippen LogP contribution in [0.25, 0.3) is 0 Å². The first kappa shape index (κ1) is 14.4. The molecule has 0 saturated heterocycles. The Balaban J connectivity index is 3.10. The lowest BCUT2D eigenvalue weighted by Crippen LogP contribution is -2.34. The molecule has 0 aliphatic heterocycles. The highest BCUT2D eigenvalue weighted by molar-refractivity contribution is 5.77. The van der Waals surface area contributed by atoms with Crippen molar-refractivity contribution in [2.45, 2.75) is 39.0 Å². The minimum Gasteiger partial charge on any atom is -0.396 e. The van der Waals surface area contributed by atoms with Gasteiger partial charge in [-0.1, -0.05) is 19.8 Å². The van der Waals surface area contributed by atoms with Crippen molar-refractivity contribution >= 4 is 5.91 Å². The zero-order valence-corrected chi connectivity index (χ0v) is 9.72. The topological polar surface area (TPSA) is 61.4 Å². The molecule has 3 N–H and O–H groups in total. The number of hydrogen-bond acceptors (Lipinski definition) is 3. The van der Waals surface area contributed by atoms with Crippen LogP contribution in [0.2, 0.25) is 0 Å². The number of nitrogens with one attached hydrogen (secondary N) is 2. The lowest BCUT2D eigenvalue weighted by molar-refractivity contribution is -0.120. The highest BCUT2D eigenvalue weighted by atomic mass is 16.2. The van der Waals surface area contributed by atoms with Gasteiger partial charge < -0.3 is 15.7 Å². The molecule has 0 unspecified atom stereocenters. The molecule has 0 fully saturated rings. The molecule has 0 aromatic rings. The summed E-state index contributed by atoms with van der Waals surface area (Å²) in [5.74, 6) is 0.0746. The van der Waals surface area contributed by atoms with E-state index in [4.69, 9.17) is 5.11 Å². The van der Waals surface area contributed by atoms with Gasteiger partial charge in [0.2, 0.25) is 5.91 Å². The molecule has 4 heteroatoms. The van der Waals surface area contributed by atoms with E-state index in [0.717, 1.165) is 45.2 Å². The second kappa shape index (κ2) is 11.5. The highest BCUT2D eigenvalue weighted by Crippen LogP contribution is 1.97. The maximum absolute atomic E-state index is 11.2. The maximum Gasteiger partial charge on any atom is 0.233 e. The van der Waals surface area contributed by atoms with Crippen molar-refractivity contribution < 1.29 is 9.90 Å². The average Bonchev–Trinajstić information content (AvgIpc) is 2.23. The minimum atomic E-state index is 0.0746. The Bertz CT molecular complexity index is 152. The molecule has 0 aliphatic rings. The van der Waals surface area contributed by atoms with Crippen molar-refractivity contribution in [1.29, 1.82) is 0 Å². The number of amides is 1. The number of carbonyl (C=O) groups excluding carboxylic acids is 1. The van der Waals surface area contributed by atoms with E-state index >= 15 is 0 Å². The number of aliphatic hydroxyl groups is 1. The molecule has 1 amide bonds. The van der Waals surface area contributed by atoms with E-state index in [2.05, 4.69) is 17.6 Å². The summed E-state index contributed by atoms with van der Waals surface area (Å²) < 4.78 is 0. The highest BCUT2D eigenvalue weighted by Gasteiger charge is 1.98. The molecular formula is C11H24N2O2. The molecule has 0 bridgehead atoms. The quantitative estimate of drug-likeness (QED) is 0.470. The molecular weight excluding hydrogens is 192 g/mol. The summed E-state index contributed by atoms with van der Waals surface area (Å²) in [7, 11) is 0. The Morgan fingerprint density at radius 1 is 1.13 bits per heavy atom. The Morgan fingerprint density at radius 2 is 1.87 bits per heavy atom. The second-order valence-electron chi connectivity index (χ2n) is 3.66. The zero-order chi connectivity index (χ0) is 11.4. The van der Waals surface area contributed by atoms with Gasteiger partial charge in [-0.2, -0.15) is 0 Å². The van der Waals surface area contributed by atoms with Gasteiger partial charge >= 0.3 is 0 Å². The van der Waals surface area contributed by atoms with Crippen LogP contribution in [0, 0.1) is 0 Å². The lowest BCUT2D eigenvalue weighted by atomic mass is 10.2. The molecule has 0 spiro atoms. The van der Waals surface area contributed by atoms with Crippen molar-refractivity contribution in [1.82, 2.24) is 10.6 Å². The van der Waals surface area contributed by atoms with Crippen molar-refractivity contribution in [3.63, 3.8) is 0 Å². The standard InChI is InChI=1S/C11H24N2O2/c1-2-7-12-10-11(15)13-8-5-3-4-6-9-14/h12,14H,2-10H2,1H3,(H,13,15). The van der Waals surface area contributed by atoms with Crippen LogP contribution in [0.4, 0.5) is 0 Å². The van der Waals surface area contributed by atoms with Crippen LogP contribution in [-0.4, -0.2) is 37.3 Å². The summed E-state index contributed by atoms with van der Waals surface area (Å²) in [6, 6.07) is 0. The van der Waals surface area contributed by atoms with Crippen LogP contribution in [-0.2, 0) is 4.79 Å². The summed E-state index contributed by atoms with van der Waals surface area (Å²) in [6.07, 6.45) is 5.03. The minimum absolute atomic E-state index is 0.0746. The fraction of sp³-hybridized carbons (Fsp3) is 0.909. The molecule has 0 rings (SSSR count). The number of carbonyl (C=O) groups is 1. The van der Waals surface area contributed by atoms with Crippen LogP contribution in [0.5, 0.6) is 0 Å². The van der Waals surface area contributed by atoms with Crippen LogP contribution in [0.15, 0.2) is 0 Å². The summed E-state index contributed by atoms with van der Waals surface area (Å²) in [5, 5.41) is 14.5. The fourth-order valence-corrected chi connectivity index (χ4v) is 1.26. The fourth-order valence-electron chi connectivity index (χ4n) is 1.26. The molecule has 0 aromatic heterocycles. The molecule has 90 valence electrons. The van der Waals surface area contributed by atoms with Gasteiger partial charge in [0.05, 0.1) is 6.54 Å². The molecule has 0 atom stereocenters. The number of unbranched alkanes of at least 4 members (excludes halogenated alkanes) is 3. The molecule has 0 heterocycles. The Morgan fingerprint density at radius 3 is 2.53 bits per heavy atom. The first-order valence-electron chi connectivity index (χ1n) is 5.89. The monoisotopic (exact) mass is 216 g/mol. The Kier molecular flexibility index (Phi) is 11.0. The predicted octanol–water partition coefficient (Wildman–Crippen LogP) is 0.655. The Labute approximate surface area is 92.4 Å². The van der Waals surface area contributed by atoms with Gasteiger partial charge in [-0.15, -0.1) is 0 Å². The summed E-state index contributed by atoms with van der Waals surface area (Å²) in [5.41, 5.74) is 0. The van der Waals surface area contributed by atoms with Crippen LogP contribution in [0.3, 0.4) is 0 Å². The number of rotatable bonds is 10. The van der Waals surface area contributed by atoms with Crippen molar-refractivity contribution in [3.05, 3.63) is 0 Å². The van der Waals surface area contributed by atoms with Crippen LogP contribution in [0.1, 0.15) is 39.0 Å². The molecule has 0 saturated carbocycles. The maximum atomic E-state index is 11.2. The third-order valence-corrected chi connectivity index (χ3v) is 2.12. The van der Waals surface area contributed by atoms with Gasteiger partial charge in [-0.25, -0.2) is 0 Å². The normalized spacial score (nSPS) is 10.3. The van der Waals surface area contributed by atoms with E-state index in [9.17, 15) is 4.79 Å². The summed E-state index contributed by atoms with van der Waals surface area (Å²) in [4.78, 5) is 11.2. The second-order valence-corrected chi connectivity index (χ2v) is 3.66. The number of hydrogen-bond donors (Lipinski definition) is 3. The average molecular weight is 216 g/mol. The third-order valence-electron chi connectivity index (χ3n) is 2.12. The van der Waals surface area contributed by atoms with E-state index in [1.54, 1.807) is 0 Å². The lowest BCUT2D eigenvalue weighted by Gasteiger charge is -2.05. The van der Waals surface area contributed by atoms with Gasteiger partial charge in [-0.05, 0) is 25.8 Å². The van der Waals surface area contributed by atoms with Crippen LogP contribution < -0.4 is 10.6 Å². The summed E-state index contributed by atoms with van der Waals surface area (Å²) >= 11 is 0. The zero-order valence-electron chi connectivity index (χ0n) is 9.72. The molecule has 0 radical (unpaired) electrons. The first-order chi connectivity index (χ1) is 7.31. The Hall–Kier alpha value is -0.610. The van der Waals surface area contributed by atoms with Gasteiger partial charge in [0.25, 0.3) is 0 Å². The molecule has 4 nitrogen and oxygen atoms in total. The summed E-state index contributed by atoms with van der Waals surface area (Å²) in [6.45, 7) is 4.41. The first-order valence-corrected chi connectivity index (χ1v) is 5.89. The largest absolute Gasteiger partial charge is 0.396 e. The van der Waals surface area contributed by atoms with Gasteiger partial charge in [0.1, 0.15) is 0 Å². The predicted molar refractivity (Wildman–Crippen MR) is 61.7 cm³/mol. The molecule has 0 aromatic carbocycles. The van der Waals surface area contributed by atoms with Gasteiger partial charge in [0.15, 0.2) is 0 Å². The van der Waals surface area contributed by atoms with Crippen molar-refractivity contribution in [2.24, 2.45) is 0 Å². The van der Waals surface area contributed by atoms with Crippen LogP contribution >= 0.6 is 0 Å². The number of aliphatic hydroxyl groups excluding tert-OH is 1. The van der Waals surface area contributed by atoms with Gasteiger partial charge in [-0.3, -0.25) is 4.79 Å². The van der Waals surface area contributed by atoms with Crippen molar-refractivity contribution in [3.8, 4) is 0 Å². The van der Waals surface area contributed by atoms with Crippen molar-refractivity contribution in [2.75, 3.05) is 26.2 Å². The van der Waals surface area contributed by atoms with E-state index in [0.29, 0.717) is 6.54 Å². The molecule has 0 aliphatic carbocycles. The van der Waals surface area contributed by atoms with E-state index in [1.807, 2.05) is 0 Å². The van der Waals surface area contributed by atoms with E-state index in [-0.39, 0.29) is 12.5 Å². The SMILES string of the molecule is CCCNCC(=O)NCCCCCCO. The smallest absolute Gasteiger partial charge is 0.233 e.